The molecule has 1 N–H and O–H groups in total. The second-order valence-electron chi connectivity index (χ2n) is 4.47. The number of aromatic nitrogens is 3. The number of nitrogens with zero attached hydrogens (tertiary/aromatic N) is 3. The Hall–Kier alpha value is -1.20. The first-order valence-electron chi connectivity index (χ1n) is 6.20. The fourth-order valence-corrected chi connectivity index (χ4v) is 3.15. The fraction of sp³-hybridized carbons (Fsp3) is 0.538. The van der Waals surface area contributed by atoms with E-state index in [1.54, 1.807) is 11.3 Å². The Labute approximate surface area is 112 Å². The molecule has 0 amide bonds. The van der Waals surface area contributed by atoms with E-state index in [0.717, 1.165) is 22.8 Å². The van der Waals surface area contributed by atoms with Gasteiger partial charge in [0.05, 0.1) is 17.4 Å². The highest BCUT2D eigenvalue weighted by Crippen LogP contribution is 2.29. The SMILES string of the molecule is CCc1nn(C)cc1C(NC)c1nc(C)c(C)s1. The maximum Gasteiger partial charge on any atom is 0.115 e. The van der Waals surface area contributed by atoms with Gasteiger partial charge in [-0.3, -0.25) is 4.68 Å². The minimum absolute atomic E-state index is 0.144. The van der Waals surface area contributed by atoms with Crippen LogP contribution in [0.25, 0.3) is 0 Å². The normalized spacial score (nSPS) is 12.9. The molecule has 18 heavy (non-hydrogen) atoms. The highest BCUT2D eigenvalue weighted by molar-refractivity contribution is 7.11. The monoisotopic (exact) mass is 264 g/mol. The molecule has 0 saturated heterocycles. The van der Waals surface area contributed by atoms with E-state index >= 15 is 0 Å². The second-order valence-corrected chi connectivity index (χ2v) is 5.71. The van der Waals surface area contributed by atoms with Crippen LogP contribution in [0.1, 0.15) is 39.8 Å². The molecule has 1 unspecified atom stereocenters. The van der Waals surface area contributed by atoms with E-state index < -0.39 is 0 Å². The molecule has 2 aromatic heterocycles. The van der Waals surface area contributed by atoms with Crippen LogP contribution in [0.4, 0.5) is 0 Å². The van der Waals surface area contributed by atoms with Crippen molar-refractivity contribution >= 4 is 11.3 Å². The largest absolute Gasteiger partial charge is 0.307 e. The number of nitrogens with one attached hydrogen (secondary N) is 1. The zero-order valence-corrected chi connectivity index (χ0v) is 12.4. The van der Waals surface area contributed by atoms with Crippen molar-refractivity contribution in [3.8, 4) is 0 Å². The Bertz CT molecular complexity index is 522. The predicted octanol–water partition coefficient (Wildman–Crippen LogP) is 2.36. The third-order valence-electron chi connectivity index (χ3n) is 3.16. The molecule has 2 rings (SSSR count). The molecule has 0 aromatic carbocycles. The average Bonchev–Trinajstić information content (AvgIpc) is 2.85. The Balaban J connectivity index is 2.44. The molecule has 0 fully saturated rings. The van der Waals surface area contributed by atoms with Crippen LogP contribution in [0.2, 0.25) is 0 Å². The Kier molecular flexibility index (Phi) is 3.82. The topological polar surface area (TPSA) is 42.7 Å². The Morgan fingerprint density at radius 2 is 2.17 bits per heavy atom. The minimum atomic E-state index is 0.144. The van der Waals surface area contributed by atoms with Gasteiger partial charge in [-0.05, 0) is 27.3 Å². The van der Waals surface area contributed by atoms with Crippen LogP contribution in [0.3, 0.4) is 0 Å². The van der Waals surface area contributed by atoms with Crippen molar-refractivity contribution in [1.29, 1.82) is 0 Å². The van der Waals surface area contributed by atoms with Gasteiger partial charge in [0.2, 0.25) is 0 Å². The summed E-state index contributed by atoms with van der Waals surface area (Å²) in [6, 6.07) is 0.144. The number of rotatable bonds is 4. The lowest BCUT2D eigenvalue weighted by atomic mass is 10.1. The van der Waals surface area contributed by atoms with Gasteiger partial charge in [-0.15, -0.1) is 11.3 Å². The van der Waals surface area contributed by atoms with Gasteiger partial charge in [-0.25, -0.2) is 4.98 Å². The molecule has 0 aliphatic heterocycles. The van der Waals surface area contributed by atoms with Crippen LogP contribution in [-0.4, -0.2) is 21.8 Å². The Morgan fingerprint density at radius 1 is 1.44 bits per heavy atom. The first-order valence-corrected chi connectivity index (χ1v) is 7.02. The summed E-state index contributed by atoms with van der Waals surface area (Å²) < 4.78 is 1.88. The summed E-state index contributed by atoms with van der Waals surface area (Å²) >= 11 is 1.76. The molecular weight excluding hydrogens is 244 g/mol. The molecule has 0 spiro atoms. The van der Waals surface area contributed by atoms with Crippen molar-refractivity contribution in [3.63, 3.8) is 0 Å². The van der Waals surface area contributed by atoms with Gasteiger partial charge >= 0.3 is 0 Å². The maximum atomic E-state index is 4.66. The first kappa shape index (κ1) is 13.2. The summed E-state index contributed by atoms with van der Waals surface area (Å²) in [7, 11) is 3.94. The minimum Gasteiger partial charge on any atom is -0.307 e. The molecular formula is C13H20N4S. The lowest BCUT2D eigenvalue weighted by Crippen LogP contribution is -2.18. The molecule has 0 bridgehead atoms. The Morgan fingerprint density at radius 3 is 2.67 bits per heavy atom. The molecule has 1 atom stereocenters. The lowest BCUT2D eigenvalue weighted by molar-refractivity contribution is 0.677. The van der Waals surface area contributed by atoms with Crippen molar-refractivity contribution in [1.82, 2.24) is 20.1 Å². The van der Waals surface area contributed by atoms with Crippen molar-refractivity contribution in [2.24, 2.45) is 7.05 Å². The van der Waals surface area contributed by atoms with Gasteiger partial charge < -0.3 is 5.32 Å². The van der Waals surface area contributed by atoms with Crippen molar-refractivity contribution in [2.75, 3.05) is 7.05 Å². The van der Waals surface area contributed by atoms with Gasteiger partial charge in [0.25, 0.3) is 0 Å². The van der Waals surface area contributed by atoms with E-state index in [4.69, 9.17) is 0 Å². The van der Waals surface area contributed by atoms with Gasteiger partial charge in [0.15, 0.2) is 0 Å². The zero-order chi connectivity index (χ0) is 13.3. The van der Waals surface area contributed by atoms with Crippen LogP contribution < -0.4 is 5.32 Å². The van der Waals surface area contributed by atoms with E-state index in [9.17, 15) is 0 Å². The number of thiazole rings is 1. The maximum absolute atomic E-state index is 4.66. The molecule has 0 radical (unpaired) electrons. The van der Waals surface area contributed by atoms with Crippen LogP contribution in [-0.2, 0) is 13.5 Å². The summed E-state index contributed by atoms with van der Waals surface area (Å²) in [5, 5.41) is 8.98. The summed E-state index contributed by atoms with van der Waals surface area (Å²) in [5.41, 5.74) is 3.50. The van der Waals surface area contributed by atoms with Gasteiger partial charge in [0, 0.05) is 23.7 Å². The number of hydrogen-bond donors (Lipinski definition) is 1. The smallest absolute Gasteiger partial charge is 0.115 e. The van der Waals surface area contributed by atoms with Gasteiger partial charge in [-0.1, -0.05) is 6.92 Å². The molecule has 0 aliphatic carbocycles. The molecule has 4 nitrogen and oxygen atoms in total. The molecule has 2 aromatic rings. The first-order chi connectivity index (χ1) is 8.56. The van der Waals surface area contributed by atoms with E-state index in [0.29, 0.717) is 0 Å². The van der Waals surface area contributed by atoms with Crippen molar-refractivity contribution in [2.45, 2.75) is 33.2 Å². The lowest BCUT2D eigenvalue weighted by Gasteiger charge is -2.12. The number of hydrogen-bond acceptors (Lipinski definition) is 4. The van der Waals surface area contributed by atoms with E-state index in [2.05, 4.69) is 42.4 Å². The molecule has 0 saturated carbocycles. The standard InChI is InChI=1S/C13H20N4S/c1-6-11-10(7-17(5)16-11)12(14-4)13-15-8(2)9(3)18-13/h7,12,14H,6H2,1-5H3. The second kappa shape index (κ2) is 5.20. The third kappa shape index (κ3) is 2.33. The summed E-state index contributed by atoms with van der Waals surface area (Å²) in [6.07, 6.45) is 3.03. The molecule has 5 heteroatoms. The van der Waals surface area contributed by atoms with E-state index in [1.165, 1.54) is 10.4 Å². The van der Waals surface area contributed by atoms with Crippen LogP contribution >= 0.6 is 11.3 Å². The summed E-state index contributed by atoms with van der Waals surface area (Å²) in [4.78, 5) is 5.95. The van der Waals surface area contributed by atoms with Gasteiger partial charge in [-0.2, -0.15) is 5.10 Å². The molecule has 2 heterocycles. The number of aryl methyl sites for hydroxylation is 4. The fourth-order valence-electron chi connectivity index (χ4n) is 2.10. The van der Waals surface area contributed by atoms with Crippen molar-refractivity contribution in [3.05, 3.63) is 33.0 Å². The third-order valence-corrected chi connectivity index (χ3v) is 4.30. The average molecular weight is 264 g/mol. The van der Waals surface area contributed by atoms with Crippen LogP contribution in [0.15, 0.2) is 6.20 Å². The predicted molar refractivity (Wildman–Crippen MR) is 75.1 cm³/mol. The highest BCUT2D eigenvalue weighted by Gasteiger charge is 2.21. The van der Waals surface area contributed by atoms with Gasteiger partial charge in [0.1, 0.15) is 5.01 Å². The van der Waals surface area contributed by atoms with Crippen LogP contribution in [0, 0.1) is 13.8 Å². The quantitative estimate of drug-likeness (QED) is 0.922. The van der Waals surface area contributed by atoms with E-state index in [1.807, 2.05) is 18.8 Å². The summed E-state index contributed by atoms with van der Waals surface area (Å²) in [5.74, 6) is 0. The highest BCUT2D eigenvalue weighted by atomic mass is 32.1. The molecule has 98 valence electrons. The summed E-state index contributed by atoms with van der Waals surface area (Å²) in [6.45, 7) is 6.32. The molecule has 0 aliphatic rings. The van der Waals surface area contributed by atoms with E-state index in [-0.39, 0.29) is 6.04 Å². The van der Waals surface area contributed by atoms with Crippen LogP contribution in [0.5, 0.6) is 0 Å². The van der Waals surface area contributed by atoms with Crippen molar-refractivity contribution < 1.29 is 0 Å². The zero-order valence-electron chi connectivity index (χ0n) is 11.6.